The molecule has 0 unspecified atom stereocenters. The predicted octanol–water partition coefficient (Wildman–Crippen LogP) is 6.65. The van der Waals surface area contributed by atoms with Crippen molar-refractivity contribution in [3.8, 4) is 0 Å². The van der Waals surface area contributed by atoms with Crippen LogP contribution < -0.4 is 11.5 Å². The van der Waals surface area contributed by atoms with Crippen molar-refractivity contribution in [2.24, 2.45) is 5.92 Å². The fourth-order valence-electron chi connectivity index (χ4n) is 4.53. The van der Waals surface area contributed by atoms with Gasteiger partial charge in [0.05, 0.1) is 0 Å². The van der Waals surface area contributed by atoms with Gasteiger partial charge in [-0.15, -0.1) is 0 Å². The Kier molecular flexibility index (Phi) is 5.55. The van der Waals surface area contributed by atoms with Crippen molar-refractivity contribution in [3.05, 3.63) is 57.6 Å². The van der Waals surface area contributed by atoms with Crippen LogP contribution in [-0.2, 0) is 0 Å². The minimum atomic E-state index is 0.435. The van der Waals surface area contributed by atoms with E-state index >= 15 is 0 Å². The summed E-state index contributed by atoms with van der Waals surface area (Å²) in [7, 11) is 0. The average Bonchev–Trinajstić information content (AvgIpc) is 2.55. The van der Waals surface area contributed by atoms with Crippen LogP contribution in [0.1, 0.15) is 98.1 Å². The molecule has 0 aliphatic heterocycles. The Morgan fingerprint density at radius 1 is 0.741 bits per heavy atom. The Morgan fingerprint density at radius 3 is 1.44 bits per heavy atom. The van der Waals surface area contributed by atoms with Gasteiger partial charge in [0.2, 0.25) is 0 Å². The number of hydrogen-bond donors (Lipinski definition) is 2. The van der Waals surface area contributed by atoms with Gasteiger partial charge in [-0.2, -0.15) is 0 Å². The summed E-state index contributed by atoms with van der Waals surface area (Å²) in [6, 6.07) is 9.39. The maximum atomic E-state index is 6.41. The molecule has 1 fully saturated rings. The number of nitrogen functional groups attached to an aromatic ring is 2. The van der Waals surface area contributed by atoms with Gasteiger partial charge < -0.3 is 11.5 Å². The highest BCUT2D eigenvalue weighted by molar-refractivity contribution is 5.60. The topological polar surface area (TPSA) is 52.0 Å². The highest BCUT2D eigenvalue weighted by Gasteiger charge is 2.31. The van der Waals surface area contributed by atoms with Crippen LogP contribution in [-0.4, -0.2) is 0 Å². The molecule has 1 aliphatic carbocycles. The van der Waals surface area contributed by atoms with Gasteiger partial charge >= 0.3 is 0 Å². The van der Waals surface area contributed by atoms with Crippen molar-refractivity contribution in [2.45, 2.75) is 78.6 Å². The van der Waals surface area contributed by atoms with Crippen molar-refractivity contribution in [1.29, 1.82) is 0 Å². The van der Waals surface area contributed by atoms with Crippen LogP contribution in [0.25, 0.3) is 0 Å². The van der Waals surface area contributed by atoms with E-state index in [0.29, 0.717) is 17.8 Å². The molecule has 2 aromatic carbocycles. The lowest BCUT2D eigenvalue weighted by molar-refractivity contribution is 0.283. The van der Waals surface area contributed by atoms with E-state index in [1.54, 1.807) is 0 Å². The third-order valence-electron chi connectivity index (χ3n) is 6.47. The van der Waals surface area contributed by atoms with Crippen LogP contribution in [0.4, 0.5) is 11.4 Å². The molecule has 2 aromatic rings. The quantitative estimate of drug-likeness (QED) is 0.584. The number of benzene rings is 2. The first kappa shape index (κ1) is 19.8. The molecule has 2 heteroatoms. The number of nitrogens with two attached hydrogens (primary N) is 2. The highest BCUT2D eigenvalue weighted by Crippen LogP contribution is 2.46. The second kappa shape index (κ2) is 7.58. The summed E-state index contributed by atoms with van der Waals surface area (Å²) in [5.74, 6) is 2.03. The average molecular weight is 365 g/mol. The molecule has 2 nitrogen and oxygen atoms in total. The van der Waals surface area contributed by atoms with E-state index in [1.165, 1.54) is 52.6 Å². The van der Waals surface area contributed by atoms with Gasteiger partial charge in [0.1, 0.15) is 0 Å². The summed E-state index contributed by atoms with van der Waals surface area (Å²) in [4.78, 5) is 0. The first-order chi connectivity index (χ1) is 12.7. The number of hydrogen-bond acceptors (Lipinski definition) is 2. The van der Waals surface area contributed by atoms with Gasteiger partial charge in [0, 0.05) is 17.3 Å². The molecule has 27 heavy (non-hydrogen) atoms. The third kappa shape index (κ3) is 3.72. The summed E-state index contributed by atoms with van der Waals surface area (Å²) in [6.07, 6.45) is 3.97. The Hall–Kier alpha value is -1.96. The zero-order valence-electron chi connectivity index (χ0n) is 17.9. The minimum absolute atomic E-state index is 0.435. The molecule has 146 valence electrons. The largest absolute Gasteiger partial charge is 0.398 e. The molecule has 1 aliphatic rings. The summed E-state index contributed by atoms with van der Waals surface area (Å²) >= 11 is 0. The van der Waals surface area contributed by atoms with Gasteiger partial charge in [-0.3, -0.25) is 0 Å². The summed E-state index contributed by atoms with van der Waals surface area (Å²) in [6.45, 7) is 13.2. The third-order valence-corrected chi connectivity index (χ3v) is 6.47. The lowest BCUT2D eigenvalue weighted by Gasteiger charge is -2.36. The van der Waals surface area contributed by atoms with Crippen molar-refractivity contribution < 1.29 is 0 Å². The predicted molar refractivity (Wildman–Crippen MR) is 119 cm³/mol. The van der Waals surface area contributed by atoms with E-state index in [0.717, 1.165) is 17.3 Å². The van der Waals surface area contributed by atoms with Crippen LogP contribution in [0.3, 0.4) is 0 Å². The van der Waals surface area contributed by atoms with E-state index in [9.17, 15) is 0 Å². The van der Waals surface area contributed by atoms with Crippen molar-refractivity contribution in [1.82, 2.24) is 0 Å². The smallest absolute Gasteiger partial charge is 0.0379 e. The fourth-order valence-corrected chi connectivity index (χ4v) is 4.53. The van der Waals surface area contributed by atoms with Crippen molar-refractivity contribution in [3.63, 3.8) is 0 Å². The lowest BCUT2D eigenvalue weighted by atomic mass is 9.69. The Bertz CT molecular complexity index is 765. The maximum absolute atomic E-state index is 6.41. The second-order valence-electron chi connectivity index (χ2n) is 9.16. The molecule has 0 radical (unpaired) electrons. The van der Waals surface area contributed by atoms with Gasteiger partial charge in [0.25, 0.3) is 0 Å². The summed E-state index contributed by atoms with van der Waals surface area (Å²) < 4.78 is 0. The van der Waals surface area contributed by atoms with Crippen molar-refractivity contribution >= 4 is 11.4 Å². The van der Waals surface area contributed by atoms with Crippen LogP contribution in [0.15, 0.2) is 24.3 Å². The standard InChI is InChI=1S/C25H36N2/c1-14(2)21-12-19(10-16(5)24(21)26)23(18-8-7-9-18)20-11-17(6)25(27)22(13-20)15(3)4/h10-15,18,23H,7-9,26-27H2,1-6H3. The molecule has 0 saturated heterocycles. The molecule has 0 bridgehead atoms. The first-order valence-corrected chi connectivity index (χ1v) is 10.5. The molecule has 0 amide bonds. The van der Waals surface area contributed by atoms with Crippen LogP contribution >= 0.6 is 0 Å². The van der Waals surface area contributed by atoms with Crippen LogP contribution in [0.5, 0.6) is 0 Å². The van der Waals surface area contributed by atoms with Crippen molar-refractivity contribution in [2.75, 3.05) is 11.5 Å². The van der Waals surface area contributed by atoms with E-state index in [2.05, 4.69) is 65.8 Å². The molecule has 3 rings (SSSR count). The number of anilines is 2. The molecule has 0 atom stereocenters. The Labute approximate surface area is 165 Å². The van der Waals surface area contributed by atoms with Gasteiger partial charge in [-0.05, 0) is 77.8 Å². The maximum Gasteiger partial charge on any atom is 0.0379 e. The zero-order valence-corrected chi connectivity index (χ0v) is 17.9. The minimum Gasteiger partial charge on any atom is -0.398 e. The molecule has 4 N–H and O–H groups in total. The van der Waals surface area contributed by atoms with Gasteiger partial charge in [-0.25, -0.2) is 0 Å². The van der Waals surface area contributed by atoms with E-state index in [1.807, 2.05) is 0 Å². The molecular weight excluding hydrogens is 328 g/mol. The SMILES string of the molecule is Cc1cc(C(c2cc(C)c(N)c(C(C)C)c2)C2CCC2)cc(C(C)C)c1N. The molecule has 0 aromatic heterocycles. The zero-order chi connectivity index (χ0) is 19.9. The second-order valence-corrected chi connectivity index (χ2v) is 9.16. The molecular formula is C25H36N2. The molecule has 1 saturated carbocycles. The van der Waals surface area contributed by atoms with Crippen LogP contribution in [0.2, 0.25) is 0 Å². The van der Waals surface area contributed by atoms with E-state index < -0.39 is 0 Å². The summed E-state index contributed by atoms with van der Waals surface area (Å²) in [5, 5.41) is 0. The van der Waals surface area contributed by atoms with Gasteiger partial charge in [-0.1, -0.05) is 58.4 Å². The van der Waals surface area contributed by atoms with E-state index in [4.69, 9.17) is 11.5 Å². The molecule has 0 spiro atoms. The highest BCUT2D eigenvalue weighted by atomic mass is 14.6. The monoisotopic (exact) mass is 364 g/mol. The Morgan fingerprint density at radius 2 is 1.15 bits per heavy atom. The Balaban J connectivity index is 2.17. The number of rotatable bonds is 5. The van der Waals surface area contributed by atoms with E-state index in [-0.39, 0.29) is 0 Å². The normalized spacial score (nSPS) is 15.0. The summed E-state index contributed by atoms with van der Waals surface area (Å²) in [5.41, 5.74) is 22.5. The fraction of sp³-hybridized carbons (Fsp3) is 0.520. The molecule has 0 heterocycles. The van der Waals surface area contributed by atoms with Crippen LogP contribution in [0, 0.1) is 19.8 Å². The number of aryl methyl sites for hydroxylation is 2. The first-order valence-electron chi connectivity index (χ1n) is 10.5. The van der Waals surface area contributed by atoms with Gasteiger partial charge in [0.15, 0.2) is 0 Å². The lowest BCUT2D eigenvalue weighted by Crippen LogP contribution is -2.22.